The van der Waals surface area contributed by atoms with Gasteiger partial charge in [0.25, 0.3) is 0 Å². The van der Waals surface area contributed by atoms with Crippen LogP contribution in [-0.4, -0.2) is 49.2 Å². The van der Waals surface area contributed by atoms with Crippen LogP contribution < -0.4 is 0 Å². The fraction of sp³-hybridized carbons (Fsp3) is 0.500. The number of hydrogen-bond donors (Lipinski definition) is 1. The Bertz CT molecular complexity index is 386. The zero-order chi connectivity index (χ0) is 12.9. The molecule has 3 nitrogen and oxygen atoms in total. The first-order valence-corrected chi connectivity index (χ1v) is 5.98. The number of ketones is 1. The van der Waals surface area contributed by atoms with Gasteiger partial charge in [-0.3, -0.25) is 4.79 Å². The van der Waals surface area contributed by atoms with Crippen molar-refractivity contribution in [1.82, 2.24) is 0 Å². The third-order valence-electron chi connectivity index (χ3n) is 2.94. The van der Waals surface area contributed by atoms with E-state index in [1.54, 1.807) is 0 Å². The van der Waals surface area contributed by atoms with E-state index in [4.69, 9.17) is 5.11 Å². The zero-order valence-corrected chi connectivity index (χ0v) is 10.9. The molecule has 0 spiro atoms. The van der Waals surface area contributed by atoms with E-state index in [0.29, 0.717) is 11.0 Å². The maximum absolute atomic E-state index is 12.2. The van der Waals surface area contributed by atoms with Crippen LogP contribution in [0.5, 0.6) is 0 Å². The minimum atomic E-state index is 0.172. The fourth-order valence-electron chi connectivity index (χ4n) is 1.94. The molecule has 17 heavy (non-hydrogen) atoms. The topological polar surface area (TPSA) is 37.3 Å². The van der Waals surface area contributed by atoms with E-state index in [1.165, 1.54) is 0 Å². The number of carbonyl (C=O) groups is 1. The molecule has 1 N–H and O–H groups in total. The molecule has 0 saturated carbocycles. The molecule has 0 saturated heterocycles. The molecule has 0 aliphatic heterocycles. The van der Waals surface area contributed by atoms with E-state index < -0.39 is 0 Å². The van der Waals surface area contributed by atoms with Crippen LogP contribution in [0.1, 0.15) is 22.3 Å². The SMILES string of the molecule is Cc1ccccc1C(=O)C[N+](C)(C)CCCO. The van der Waals surface area contributed by atoms with Gasteiger partial charge in [0.05, 0.1) is 20.6 Å². The number of aliphatic hydroxyl groups is 1. The first kappa shape index (κ1) is 13.9. The predicted molar refractivity (Wildman–Crippen MR) is 69.1 cm³/mol. The molecule has 0 atom stereocenters. The molecule has 0 radical (unpaired) electrons. The zero-order valence-electron chi connectivity index (χ0n) is 10.9. The Labute approximate surface area is 103 Å². The van der Waals surface area contributed by atoms with E-state index in [0.717, 1.165) is 24.1 Å². The minimum Gasteiger partial charge on any atom is -0.396 e. The third-order valence-corrected chi connectivity index (χ3v) is 2.94. The van der Waals surface area contributed by atoms with Crippen LogP contribution in [0.15, 0.2) is 24.3 Å². The van der Waals surface area contributed by atoms with Crippen molar-refractivity contribution in [2.45, 2.75) is 13.3 Å². The Hall–Kier alpha value is -1.19. The number of rotatable bonds is 6. The van der Waals surface area contributed by atoms with Gasteiger partial charge in [0, 0.05) is 18.6 Å². The molecule has 1 rings (SSSR count). The monoisotopic (exact) mass is 236 g/mol. The first-order chi connectivity index (χ1) is 7.96. The van der Waals surface area contributed by atoms with Gasteiger partial charge in [-0.25, -0.2) is 0 Å². The van der Waals surface area contributed by atoms with Gasteiger partial charge in [0.1, 0.15) is 6.54 Å². The van der Waals surface area contributed by atoms with Crippen LogP contribution in [0.25, 0.3) is 0 Å². The molecule has 0 heterocycles. The highest BCUT2D eigenvalue weighted by atomic mass is 16.3. The summed E-state index contributed by atoms with van der Waals surface area (Å²) in [5.41, 5.74) is 1.84. The quantitative estimate of drug-likeness (QED) is 0.602. The van der Waals surface area contributed by atoms with Crippen molar-refractivity contribution >= 4 is 5.78 Å². The van der Waals surface area contributed by atoms with Gasteiger partial charge in [-0.1, -0.05) is 24.3 Å². The molecule has 94 valence electrons. The number of carbonyl (C=O) groups excluding carboxylic acids is 1. The maximum Gasteiger partial charge on any atom is 0.217 e. The molecule has 0 unspecified atom stereocenters. The minimum absolute atomic E-state index is 0.172. The number of nitrogens with zero attached hydrogens (tertiary/aromatic N) is 1. The molecule has 0 aliphatic rings. The second kappa shape index (κ2) is 5.94. The molecule has 3 heteroatoms. The number of aryl methyl sites for hydroxylation is 1. The summed E-state index contributed by atoms with van der Waals surface area (Å²) in [6.07, 6.45) is 0.730. The lowest BCUT2D eigenvalue weighted by Crippen LogP contribution is -2.44. The molecular formula is C14H22NO2+. The predicted octanol–water partition coefficient (Wildman–Crippen LogP) is 1.64. The van der Waals surface area contributed by atoms with Crippen LogP contribution >= 0.6 is 0 Å². The Morgan fingerprint density at radius 2 is 1.94 bits per heavy atom. The van der Waals surface area contributed by atoms with Gasteiger partial charge in [-0.05, 0) is 12.5 Å². The van der Waals surface area contributed by atoms with Crippen LogP contribution in [0, 0.1) is 6.92 Å². The van der Waals surface area contributed by atoms with Crippen molar-refractivity contribution in [1.29, 1.82) is 0 Å². The van der Waals surface area contributed by atoms with Crippen molar-refractivity contribution in [3.63, 3.8) is 0 Å². The molecular weight excluding hydrogens is 214 g/mol. The van der Waals surface area contributed by atoms with Gasteiger partial charge in [-0.15, -0.1) is 0 Å². The van der Waals surface area contributed by atoms with E-state index >= 15 is 0 Å². The average Bonchev–Trinajstić information content (AvgIpc) is 2.26. The van der Waals surface area contributed by atoms with Crippen LogP contribution in [0.2, 0.25) is 0 Å². The van der Waals surface area contributed by atoms with Gasteiger partial charge < -0.3 is 9.59 Å². The van der Waals surface area contributed by atoms with Crippen LogP contribution in [0.3, 0.4) is 0 Å². The lowest BCUT2D eigenvalue weighted by Gasteiger charge is -2.28. The van der Waals surface area contributed by atoms with E-state index in [-0.39, 0.29) is 12.4 Å². The largest absolute Gasteiger partial charge is 0.396 e. The normalized spacial score (nSPS) is 11.5. The van der Waals surface area contributed by atoms with Crippen LogP contribution in [0.4, 0.5) is 0 Å². The van der Waals surface area contributed by atoms with Crippen molar-refractivity contribution in [2.75, 3.05) is 33.8 Å². The number of Topliss-reactive ketones (excluding diaryl/α,β-unsaturated/α-hetero) is 1. The van der Waals surface area contributed by atoms with Crippen LogP contribution in [-0.2, 0) is 0 Å². The van der Waals surface area contributed by atoms with Gasteiger partial charge in [0.15, 0.2) is 0 Å². The van der Waals surface area contributed by atoms with Crippen molar-refractivity contribution in [2.24, 2.45) is 0 Å². The summed E-state index contributed by atoms with van der Waals surface area (Å²) < 4.78 is 0.619. The maximum atomic E-state index is 12.2. The highest BCUT2D eigenvalue weighted by Crippen LogP contribution is 2.10. The molecule has 0 aromatic heterocycles. The molecule has 1 aromatic rings. The Morgan fingerprint density at radius 3 is 2.53 bits per heavy atom. The number of benzene rings is 1. The Morgan fingerprint density at radius 1 is 1.29 bits per heavy atom. The average molecular weight is 236 g/mol. The standard InChI is InChI=1S/C14H22NO2/c1-12-7-4-5-8-13(12)14(17)11-15(2,3)9-6-10-16/h4-5,7-8,16H,6,9-11H2,1-3H3/q+1. The molecule has 0 fully saturated rings. The second-order valence-corrected chi connectivity index (χ2v) is 5.13. The smallest absolute Gasteiger partial charge is 0.217 e. The summed E-state index contributed by atoms with van der Waals surface area (Å²) >= 11 is 0. The Kier molecular flexibility index (Phi) is 4.85. The Balaban J connectivity index is 2.69. The van der Waals surface area contributed by atoms with Crippen molar-refractivity contribution in [3.05, 3.63) is 35.4 Å². The summed E-state index contributed by atoms with van der Waals surface area (Å²) in [6.45, 7) is 3.43. The van der Waals surface area contributed by atoms with Gasteiger partial charge in [0.2, 0.25) is 5.78 Å². The molecule has 0 aliphatic carbocycles. The van der Waals surface area contributed by atoms with E-state index in [2.05, 4.69) is 0 Å². The summed E-state index contributed by atoms with van der Waals surface area (Å²) in [6, 6.07) is 7.68. The van der Waals surface area contributed by atoms with Gasteiger partial charge in [-0.2, -0.15) is 0 Å². The first-order valence-electron chi connectivity index (χ1n) is 5.98. The highest BCUT2D eigenvalue weighted by Gasteiger charge is 2.21. The summed E-state index contributed by atoms with van der Waals surface area (Å²) in [5.74, 6) is 0.172. The molecule has 0 amide bonds. The second-order valence-electron chi connectivity index (χ2n) is 5.13. The lowest BCUT2D eigenvalue weighted by atomic mass is 10.0. The number of quaternary nitrogens is 1. The third kappa shape index (κ3) is 4.29. The number of aliphatic hydroxyl groups excluding tert-OH is 1. The molecule has 0 bridgehead atoms. The number of hydrogen-bond acceptors (Lipinski definition) is 2. The summed E-state index contributed by atoms with van der Waals surface area (Å²) in [4.78, 5) is 12.2. The van der Waals surface area contributed by atoms with Crippen molar-refractivity contribution in [3.8, 4) is 0 Å². The highest BCUT2D eigenvalue weighted by molar-refractivity contribution is 5.98. The lowest BCUT2D eigenvalue weighted by molar-refractivity contribution is -0.882. The summed E-state index contributed by atoms with van der Waals surface area (Å²) in [5, 5.41) is 8.83. The van der Waals surface area contributed by atoms with Gasteiger partial charge >= 0.3 is 0 Å². The fourth-order valence-corrected chi connectivity index (χ4v) is 1.94. The molecule has 1 aromatic carbocycles. The van der Waals surface area contributed by atoms with Crippen molar-refractivity contribution < 1.29 is 14.4 Å². The van der Waals surface area contributed by atoms with E-state index in [1.807, 2.05) is 45.3 Å². The van der Waals surface area contributed by atoms with E-state index in [9.17, 15) is 4.79 Å². The number of likely N-dealkylation sites (N-methyl/N-ethyl adjacent to an activating group) is 1. The summed E-state index contributed by atoms with van der Waals surface area (Å²) in [7, 11) is 4.04.